The molecular weight excluding hydrogens is 517 g/mol. The molecule has 0 saturated heterocycles. The minimum Gasteiger partial charge on any atom is -0.396 e. The normalized spacial score (nSPS) is 19.9. The van der Waals surface area contributed by atoms with Gasteiger partial charge in [-0.3, -0.25) is 4.98 Å². The standard InChI is InChI=1S/C29H29ClFN7O/c30-24-12-21(34-28(17-5-7-20(31)8-6-17)26-15-38(37-36-26)22-9-10-22)11-23-27(19(13-32)14-33-29(23)24)35-25-4-2-1-3-18(25)16-39/h5-8,11-12,14-15,18,22,25,28,34,39H,1-4,9-10,16H2,(H,33,35)/t18-,25+,28?/m1/s1. The molecule has 200 valence electrons. The number of anilines is 2. The number of aromatic nitrogens is 4. The van der Waals surface area contributed by atoms with Crippen LogP contribution in [0.3, 0.4) is 0 Å². The Balaban J connectivity index is 1.41. The molecule has 0 spiro atoms. The maximum Gasteiger partial charge on any atom is 0.123 e. The van der Waals surface area contributed by atoms with E-state index in [-0.39, 0.29) is 24.4 Å². The van der Waals surface area contributed by atoms with Crippen LogP contribution in [0.15, 0.2) is 48.8 Å². The summed E-state index contributed by atoms with van der Waals surface area (Å²) in [6, 6.07) is 12.3. The van der Waals surface area contributed by atoms with E-state index in [1.165, 1.54) is 18.3 Å². The highest BCUT2D eigenvalue weighted by molar-refractivity contribution is 6.35. The van der Waals surface area contributed by atoms with Crippen LogP contribution in [0, 0.1) is 23.1 Å². The third-order valence-corrected chi connectivity index (χ3v) is 8.07. The molecule has 6 rings (SSSR count). The molecule has 2 aliphatic carbocycles. The molecule has 2 heterocycles. The van der Waals surface area contributed by atoms with E-state index in [1.54, 1.807) is 18.2 Å². The zero-order valence-corrected chi connectivity index (χ0v) is 22.1. The van der Waals surface area contributed by atoms with Crippen LogP contribution >= 0.6 is 11.6 Å². The lowest BCUT2D eigenvalue weighted by atomic mass is 9.84. The van der Waals surface area contributed by atoms with Crippen LogP contribution in [-0.2, 0) is 0 Å². The van der Waals surface area contributed by atoms with Crippen molar-refractivity contribution < 1.29 is 9.50 Å². The van der Waals surface area contributed by atoms with Crippen molar-refractivity contribution in [2.45, 2.75) is 56.7 Å². The number of nitriles is 1. The van der Waals surface area contributed by atoms with Crippen LogP contribution in [0.2, 0.25) is 5.02 Å². The van der Waals surface area contributed by atoms with E-state index in [1.807, 2.05) is 16.9 Å². The number of benzene rings is 2. The van der Waals surface area contributed by atoms with Crippen molar-refractivity contribution in [3.05, 3.63) is 76.5 Å². The second kappa shape index (κ2) is 10.8. The van der Waals surface area contributed by atoms with Crippen LogP contribution in [0.5, 0.6) is 0 Å². The fourth-order valence-corrected chi connectivity index (χ4v) is 5.74. The Hall–Kier alpha value is -3.74. The number of pyridine rings is 1. The minimum absolute atomic E-state index is 0.0428. The maximum absolute atomic E-state index is 13.8. The van der Waals surface area contributed by atoms with E-state index in [2.05, 4.69) is 32.0 Å². The molecule has 2 aromatic heterocycles. The summed E-state index contributed by atoms with van der Waals surface area (Å²) in [7, 11) is 0. The van der Waals surface area contributed by atoms with Crippen LogP contribution in [0.25, 0.3) is 10.9 Å². The number of hydrogen-bond donors (Lipinski definition) is 3. The average Bonchev–Trinajstić information content (AvgIpc) is 3.69. The van der Waals surface area contributed by atoms with Gasteiger partial charge in [0.05, 0.1) is 40.1 Å². The number of nitrogens with zero attached hydrogens (tertiary/aromatic N) is 5. The average molecular weight is 546 g/mol. The molecular formula is C29H29ClFN7O. The van der Waals surface area contributed by atoms with Crippen molar-refractivity contribution >= 4 is 33.9 Å². The van der Waals surface area contributed by atoms with Gasteiger partial charge in [-0.25, -0.2) is 9.07 Å². The third kappa shape index (κ3) is 5.27. The van der Waals surface area contributed by atoms with Gasteiger partial charge in [0, 0.05) is 35.8 Å². The van der Waals surface area contributed by atoms with Gasteiger partial charge in [0.25, 0.3) is 0 Å². The quantitative estimate of drug-likeness (QED) is 0.249. The fraction of sp³-hybridized carbons (Fsp3) is 0.379. The Labute approximate surface area is 230 Å². The zero-order chi connectivity index (χ0) is 26.9. The third-order valence-electron chi connectivity index (χ3n) is 7.78. The molecule has 1 unspecified atom stereocenters. The summed E-state index contributed by atoms with van der Waals surface area (Å²) in [6.45, 7) is 0.0943. The predicted octanol–water partition coefficient (Wildman–Crippen LogP) is 5.99. The Bertz CT molecular complexity index is 1530. The summed E-state index contributed by atoms with van der Waals surface area (Å²) >= 11 is 6.74. The Kier molecular flexibility index (Phi) is 7.07. The molecule has 0 amide bonds. The van der Waals surface area contributed by atoms with Crippen LogP contribution in [-0.4, -0.2) is 37.7 Å². The summed E-state index contributed by atoms with van der Waals surface area (Å²) < 4.78 is 15.6. The highest BCUT2D eigenvalue weighted by atomic mass is 35.5. The van der Waals surface area contributed by atoms with Crippen molar-refractivity contribution in [3.63, 3.8) is 0 Å². The van der Waals surface area contributed by atoms with Gasteiger partial charge in [-0.1, -0.05) is 41.8 Å². The van der Waals surface area contributed by atoms with E-state index < -0.39 is 6.04 Å². The van der Waals surface area contributed by atoms with Crippen LogP contribution in [0.4, 0.5) is 15.8 Å². The summed E-state index contributed by atoms with van der Waals surface area (Å²) in [5, 5.41) is 36.9. The first-order valence-electron chi connectivity index (χ1n) is 13.4. The van der Waals surface area contributed by atoms with Gasteiger partial charge in [0.15, 0.2) is 0 Å². The molecule has 3 atom stereocenters. The first-order chi connectivity index (χ1) is 19.0. The van der Waals surface area contributed by atoms with Crippen molar-refractivity contribution in [3.8, 4) is 6.07 Å². The van der Waals surface area contributed by atoms with E-state index in [0.717, 1.165) is 44.1 Å². The SMILES string of the molecule is N#Cc1cnc2c(Cl)cc(NC(c3ccc(F)cc3)c3cn(C4CC4)nn3)cc2c1N[C@H]1CCCC[C@@H]1CO. The second-order valence-corrected chi connectivity index (χ2v) is 10.9. The number of halogens is 2. The van der Waals surface area contributed by atoms with Crippen LogP contribution in [0.1, 0.15) is 67.4 Å². The summed E-state index contributed by atoms with van der Waals surface area (Å²) in [5.74, 6) is -0.204. The summed E-state index contributed by atoms with van der Waals surface area (Å²) in [4.78, 5) is 4.48. The maximum atomic E-state index is 13.8. The molecule has 3 N–H and O–H groups in total. The molecule has 0 radical (unpaired) electrons. The van der Waals surface area contributed by atoms with Gasteiger partial charge in [-0.15, -0.1) is 5.10 Å². The Morgan fingerprint density at radius 2 is 1.95 bits per heavy atom. The number of rotatable bonds is 8. The van der Waals surface area contributed by atoms with Crippen molar-refractivity contribution in [1.82, 2.24) is 20.0 Å². The van der Waals surface area contributed by atoms with Gasteiger partial charge in [0.2, 0.25) is 0 Å². The number of aliphatic hydroxyl groups excluding tert-OH is 1. The molecule has 0 aliphatic heterocycles. The smallest absolute Gasteiger partial charge is 0.123 e. The molecule has 2 saturated carbocycles. The van der Waals surface area contributed by atoms with Gasteiger partial charge >= 0.3 is 0 Å². The Morgan fingerprint density at radius 3 is 2.69 bits per heavy atom. The van der Waals surface area contributed by atoms with E-state index in [4.69, 9.17) is 11.6 Å². The zero-order valence-electron chi connectivity index (χ0n) is 21.3. The monoisotopic (exact) mass is 545 g/mol. The molecule has 2 aromatic carbocycles. The molecule has 0 bridgehead atoms. The van der Waals surface area contributed by atoms with Crippen molar-refractivity contribution in [2.75, 3.05) is 17.2 Å². The molecule has 4 aromatic rings. The first-order valence-corrected chi connectivity index (χ1v) is 13.8. The van der Waals surface area contributed by atoms with Crippen molar-refractivity contribution in [1.29, 1.82) is 5.26 Å². The van der Waals surface area contributed by atoms with E-state index in [9.17, 15) is 14.8 Å². The highest BCUT2D eigenvalue weighted by Crippen LogP contribution is 2.38. The predicted molar refractivity (Wildman–Crippen MR) is 148 cm³/mol. The topological polar surface area (TPSA) is 112 Å². The second-order valence-electron chi connectivity index (χ2n) is 10.5. The van der Waals surface area contributed by atoms with Gasteiger partial charge in [-0.05, 0) is 55.5 Å². The molecule has 8 nitrogen and oxygen atoms in total. The van der Waals surface area contributed by atoms with Gasteiger partial charge in [0.1, 0.15) is 17.6 Å². The van der Waals surface area contributed by atoms with Crippen molar-refractivity contribution in [2.24, 2.45) is 5.92 Å². The number of hydrogen-bond acceptors (Lipinski definition) is 7. The van der Waals surface area contributed by atoms with Gasteiger partial charge in [-0.2, -0.15) is 5.26 Å². The number of aliphatic hydroxyl groups is 1. The van der Waals surface area contributed by atoms with E-state index >= 15 is 0 Å². The lowest BCUT2D eigenvalue weighted by molar-refractivity contribution is 0.178. The van der Waals surface area contributed by atoms with E-state index in [0.29, 0.717) is 44.6 Å². The molecule has 2 fully saturated rings. The number of nitrogens with one attached hydrogen (secondary N) is 2. The van der Waals surface area contributed by atoms with Crippen LogP contribution < -0.4 is 10.6 Å². The molecule has 2 aliphatic rings. The fourth-order valence-electron chi connectivity index (χ4n) is 5.47. The highest BCUT2D eigenvalue weighted by Gasteiger charge is 2.28. The molecule has 39 heavy (non-hydrogen) atoms. The molecule has 10 heteroatoms. The Morgan fingerprint density at radius 1 is 1.15 bits per heavy atom. The summed E-state index contributed by atoms with van der Waals surface area (Å²) in [6.07, 6.45) is 9.64. The minimum atomic E-state index is -0.410. The number of fused-ring (bicyclic) bond motifs is 1. The summed E-state index contributed by atoms with van der Waals surface area (Å²) in [5.41, 5.74) is 3.89. The largest absolute Gasteiger partial charge is 0.396 e. The first kappa shape index (κ1) is 25.5. The van der Waals surface area contributed by atoms with Gasteiger partial charge < -0.3 is 15.7 Å². The lowest BCUT2D eigenvalue weighted by Crippen LogP contribution is -2.34. The lowest BCUT2D eigenvalue weighted by Gasteiger charge is -2.32.